The van der Waals surface area contributed by atoms with Gasteiger partial charge in [0.15, 0.2) is 17.3 Å². The van der Waals surface area contributed by atoms with Crippen LogP contribution in [0.2, 0.25) is 0 Å². The lowest BCUT2D eigenvalue weighted by atomic mass is 9.42. The predicted molar refractivity (Wildman–Crippen MR) is 98.1 cm³/mol. The summed E-state index contributed by atoms with van der Waals surface area (Å²) in [5.74, 6) is -1.57. The second-order valence-electron chi connectivity index (χ2n) is 9.33. The molecule has 1 aliphatic heterocycles. The second kappa shape index (κ2) is 5.63. The summed E-state index contributed by atoms with van der Waals surface area (Å²) in [7, 11) is 1.40. The third-order valence-electron chi connectivity index (χ3n) is 8.13. The molecule has 5 aliphatic rings. The topological polar surface area (TPSA) is 78.9 Å². The fraction of sp³-hybridized carbons (Fsp3) is 0.682. The van der Waals surface area contributed by atoms with Crippen LogP contribution in [0.4, 0.5) is 0 Å². The van der Waals surface area contributed by atoms with Crippen LogP contribution < -0.4 is 0 Å². The highest BCUT2D eigenvalue weighted by Crippen LogP contribution is 2.67. The first-order chi connectivity index (χ1) is 13.3. The molecule has 0 aromatic heterocycles. The Labute approximate surface area is 164 Å². The minimum Gasteiger partial charge on any atom is -0.493 e. The largest absolute Gasteiger partial charge is 0.493 e. The number of fused-ring (bicyclic) bond motifs is 6. The van der Waals surface area contributed by atoms with Crippen molar-refractivity contribution in [1.29, 1.82) is 0 Å². The zero-order valence-corrected chi connectivity index (χ0v) is 16.6. The van der Waals surface area contributed by atoms with Gasteiger partial charge in [-0.2, -0.15) is 0 Å². The van der Waals surface area contributed by atoms with Gasteiger partial charge in [-0.25, -0.2) is 0 Å². The average Bonchev–Trinajstić information content (AvgIpc) is 3.13. The molecule has 28 heavy (non-hydrogen) atoms. The number of carbonyl (C=O) groups is 3. The van der Waals surface area contributed by atoms with Crippen molar-refractivity contribution in [3.8, 4) is 0 Å². The zero-order chi connectivity index (χ0) is 19.9. The van der Waals surface area contributed by atoms with E-state index >= 15 is 0 Å². The molecule has 6 nitrogen and oxygen atoms in total. The van der Waals surface area contributed by atoms with Gasteiger partial charge in [0.1, 0.15) is 5.78 Å². The lowest BCUT2D eigenvalue weighted by Crippen LogP contribution is -2.66. The van der Waals surface area contributed by atoms with Crippen molar-refractivity contribution < 1.29 is 28.6 Å². The molecule has 150 valence electrons. The van der Waals surface area contributed by atoms with E-state index in [4.69, 9.17) is 14.2 Å². The maximum atomic E-state index is 13.6. The molecule has 1 spiro atoms. The van der Waals surface area contributed by atoms with Crippen LogP contribution in [0.15, 0.2) is 23.0 Å². The molecule has 0 aromatic carbocycles. The van der Waals surface area contributed by atoms with Crippen LogP contribution in [-0.2, 0) is 28.6 Å². The highest BCUT2D eigenvalue weighted by atomic mass is 16.7. The van der Waals surface area contributed by atoms with E-state index in [2.05, 4.69) is 6.92 Å². The summed E-state index contributed by atoms with van der Waals surface area (Å²) in [6, 6.07) is 0. The monoisotopic (exact) mass is 386 g/mol. The number of hydrogen-bond donors (Lipinski definition) is 0. The van der Waals surface area contributed by atoms with Crippen molar-refractivity contribution in [3.63, 3.8) is 0 Å². The number of methoxy groups -OCH3 is 1. The number of hydrogen-bond acceptors (Lipinski definition) is 6. The van der Waals surface area contributed by atoms with Gasteiger partial charge in [0, 0.05) is 40.4 Å². The smallest absolute Gasteiger partial charge is 0.224 e. The molecule has 1 saturated heterocycles. The number of rotatable bonds is 1. The molecule has 6 heteroatoms. The van der Waals surface area contributed by atoms with E-state index in [1.807, 2.05) is 6.92 Å². The zero-order valence-electron chi connectivity index (χ0n) is 16.6. The van der Waals surface area contributed by atoms with Crippen molar-refractivity contribution in [1.82, 2.24) is 0 Å². The molecular weight excluding hydrogens is 360 g/mol. The number of ether oxygens (including phenoxy) is 3. The molecule has 1 unspecified atom stereocenters. The van der Waals surface area contributed by atoms with Crippen molar-refractivity contribution in [2.24, 2.45) is 22.7 Å². The van der Waals surface area contributed by atoms with E-state index in [0.717, 1.165) is 19.3 Å². The standard InChI is InChI=1S/C22H26O6/c1-20-10-12-17(14(23)9-15(26-3)18(12)24)13(19(20)25)11-21(2)16(20)5-4-6-22(21)27-7-8-28-22/h9,13,16H,4-8,10-11H2,1-3H3/t13?,16-,20+,21-/m0/s1. The van der Waals surface area contributed by atoms with Gasteiger partial charge >= 0.3 is 0 Å². The van der Waals surface area contributed by atoms with E-state index in [-0.39, 0.29) is 34.4 Å². The van der Waals surface area contributed by atoms with Gasteiger partial charge in [-0.1, -0.05) is 13.8 Å². The van der Waals surface area contributed by atoms with Crippen molar-refractivity contribution in [2.45, 2.75) is 51.7 Å². The molecule has 0 N–H and O–H groups in total. The second-order valence-corrected chi connectivity index (χ2v) is 9.33. The van der Waals surface area contributed by atoms with Crippen LogP contribution in [0.25, 0.3) is 0 Å². The van der Waals surface area contributed by atoms with E-state index in [9.17, 15) is 14.4 Å². The van der Waals surface area contributed by atoms with Crippen LogP contribution >= 0.6 is 0 Å². The minimum absolute atomic E-state index is 0.0458. The predicted octanol–water partition coefficient (Wildman–Crippen LogP) is 2.51. The van der Waals surface area contributed by atoms with E-state index in [0.29, 0.717) is 37.2 Å². The Morgan fingerprint density at radius 1 is 1.14 bits per heavy atom. The molecule has 3 fully saturated rings. The molecule has 0 amide bonds. The van der Waals surface area contributed by atoms with Crippen LogP contribution in [-0.4, -0.2) is 43.5 Å². The molecule has 2 bridgehead atoms. The Balaban J connectivity index is 1.67. The molecular formula is C22H26O6. The number of carbonyl (C=O) groups excluding carboxylic acids is 3. The minimum atomic E-state index is -0.703. The van der Waals surface area contributed by atoms with Crippen molar-refractivity contribution in [3.05, 3.63) is 23.0 Å². The van der Waals surface area contributed by atoms with Gasteiger partial charge in [0.05, 0.1) is 20.3 Å². The average molecular weight is 386 g/mol. The maximum absolute atomic E-state index is 13.6. The number of allylic oxidation sites excluding steroid dienone is 3. The molecule has 1 heterocycles. The lowest BCUT2D eigenvalue weighted by molar-refractivity contribution is -0.290. The Morgan fingerprint density at radius 3 is 2.54 bits per heavy atom. The highest BCUT2D eigenvalue weighted by molar-refractivity contribution is 6.25. The summed E-state index contributed by atoms with van der Waals surface area (Å²) in [6.45, 7) is 5.26. The van der Waals surface area contributed by atoms with E-state index < -0.39 is 17.1 Å². The summed E-state index contributed by atoms with van der Waals surface area (Å²) in [5, 5.41) is 0. The Bertz CT molecular complexity index is 860. The van der Waals surface area contributed by atoms with Gasteiger partial charge < -0.3 is 14.2 Å². The maximum Gasteiger partial charge on any atom is 0.224 e. The Morgan fingerprint density at radius 2 is 1.86 bits per heavy atom. The van der Waals surface area contributed by atoms with E-state index in [1.54, 1.807) is 0 Å². The SMILES string of the molecule is COC1=CC(=O)C2=C(C[C@@]3(C)C(=O)C2C[C@@]2(C)[C@H]3CCCC23OCCO3)C1=O. The molecule has 5 rings (SSSR count). The quantitative estimate of drug-likeness (QED) is 0.645. The van der Waals surface area contributed by atoms with Crippen molar-refractivity contribution >= 4 is 17.3 Å². The summed E-state index contributed by atoms with van der Waals surface area (Å²) in [5.41, 5.74) is -0.217. The van der Waals surface area contributed by atoms with Gasteiger partial charge in [-0.05, 0) is 31.6 Å². The van der Waals surface area contributed by atoms with Gasteiger partial charge in [-0.15, -0.1) is 0 Å². The Hall–Kier alpha value is -1.79. The van der Waals surface area contributed by atoms with Crippen LogP contribution in [0.1, 0.15) is 46.0 Å². The first-order valence-corrected chi connectivity index (χ1v) is 10.2. The lowest BCUT2D eigenvalue weighted by Gasteiger charge is -2.63. The molecule has 0 radical (unpaired) electrons. The first kappa shape index (κ1) is 18.3. The first-order valence-electron chi connectivity index (χ1n) is 10.2. The number of Topliss-reactive ketones (excluding diaryl/α,β-unsaturated/α-hetero) is 2. The van der Waals surface area contributed by atoms with Gasteiger partial charge in [-0.3, -0.25) is 14.4 Å². The van der Waals surface area contributed by atoms with E-state index in [1.165, 1.54) is 13.2 Å². The highest BCUT2D eigenvalue weighted by Gasteiger charge is 2.70. The van der Waals surface area contributed by atoms with Gasteiger partial charge in [0.25, 0.3) is 0 Å². The fourth-order valence-corrected chi connectivity index (χ4v) is 6.95. The van der Waals surface area contributed by atoms with Gasteiger partial charge in [0.2, 0.25) is 5.78 Å². The third-order valence-corrected chi connectivity index (χ3v) is 8.13. The summed E-state index contributed by atoms with van der Waals surface area (Å²) < 4.78 is 17.5. The Kier molecular flexibility index (Phi) is 3.67. The van der Waals surface area contributed by atoms with Crippen molar-refractivity contribution in [2.75, 3.05) is 20.3 Å². The fourth-order valence-electron chi connectivity index (χ4n) is 6.95. The molecule has 4 aliphatic carbocycles. The normalized spacial score (nSPS) is 41.7. The third kappa shape index (κ3) is 1.98. The molecule has 2 saturated carbocycles. The summed E-state index contributed by atoms with van der Waals surface area (Å²) >= 11 is 0. The summed E-state index contributed by atoms with van der Waals surface area (Å²) in [4.78, 5) is 39.4. The molecule has 0 aromatic rings. The number of ketones is 3. The molecule has 4 atom stereocenters. The van der Waals surface area contributed by atoms with Crippen LogP contribution in [0.5, 0.6) is 0 Å². The van der Waals surface area contributed by atoms with Crippen LogP contribution in [0, 0.1) is 22.7 Å². The van der Waals surface area contributed by atoms with Crippen LogP contribution in [0.3, 0.4) is 0 Å². The summed E-state index contributed by atoms with van der Waals surface area (Å²) in [6.07, 6.45) is 4.65.